The van der Waals surface area contributed by atoms with Crippen LogP contribution < -0.4 is 5.32 Å². The first-order chi connectivity index (χ1) is 12.8. The third-order valence-electron chi connectivity index (χ3n) is 4.97. The number of nitrogens with zero attached hydrogens (tertiary/aromatic N) is 1. The molecule has 1 aliphatic rings. The number of piperidine rings is 1. The number of furan rings is 1. The summed E-state index contributed by atoms with van der Waals surface area (Å²) in [6.45, 7) is 6.56. The van der Waals surface area contributed by atoms with E-state index in [4.69, 9.17) is 4.42 Å². The summed E-state index contributed by atoms with van der Waals surface area (Å²) < 4.78 is 33.1. The molecule has 1 amide bonds. The number of sulfonamides is 1. The van der Waals surface area contributed by atoms with Crippen molar-refractivity contribution in [3.63, 3.8) is 0 Å². The number of carbonyl (C=O) groups excluding carboxylic acids is 1. The molecule has 2 aromatic rings. The van der Waals surface area contributed by atoms with Crippen molar-refractivity contribution in [2.24, 2.45) is 5.92 Å². The topological polar surface area (TPSA) is 79.6 Å². The lowest BCUT2D eigenvalue weighted by molar-refractivity contribution is -0.126. The maximum absolute atomic E-state index is 13.2. The quantitative estimate of drug-likeness (QED) is 0.851. The van der Waals surface area contributed by atoms with Crippen molar-refractivity contribution in [2.45, 2.75) is 45.1 Å². The van der Waals surface area contributed by atoms with E-state index in [1.807, 2.05) is 32.9 Å². The maximum atomic E-state index is 13.2. The summed E-state index contributed by atoms with van der Waals surface area (Å²) >= 11 is 0. The highest BCUT2D eigenvalue weighted by Gasteiger charge is 2.34. The normalized spacial score (nSPS) is 18.4. The van der Waals surface area contributed by atoms with Crippen LogP contribution in [-0.4, -0.2) is 31.7 Å². The minimum atomic E-state index is -3.63. The molecular weight excluding hydrogens is 364 g/mol. The summed E-state index contributed by atoms with van der Waals surface area (Å²) in [5, 5.41) is 2.84. The van der Waals surface area contributed by atoms with Crippen LogP contribution in [0.2, 0.25) is 0 Å². The molecule has 0 radical (unpaired) electrons. The first-order valence-corrected chi connectivity index (χ1v) is 10.6. The first-order valence-electron chi connectivity index (χ1n) is 9.17. The molecule has 6 nitrogen and oxygen atoms in total. The summed E-state index contributed by atoms with van der Waals surface area (Å²) in [5.74, 6) is 0.188. The van der Waals surface area contributed by atoms with Gasteiger partial charge >= 0.3 is 0 Å². The zero-order chi connectivity index (χ0) is 19.6. The number of aryl methyl sites for hydroxylation is 3. The van der Waals surface area contributed by atoms with E-state index in [1.165, 1.54) is 4.31 Å². The molecule has 7 heteroatoms. The van der Waals surface area contributed by atoms with Gasteiger partial charge in [-0.25, -0.2) is 8.42 Å². The van der Waals surface area contributed by atoms with Gasteiger partial charge in [0.15, 0.2) is 0 Å². The minimum absolute atomic E-state index is 0.136. The number of hydrogen-bond acceptors (Lipinski definition) is 4. The van der Waals surface area contributed by atoms with Gasteiger partial charge in [-0.1, -0.05) is 17.7 Å². The van der Waals surface area contributed by atoms with Crippen LogP contribution in [0.1, 0.15) is 35.3 Å². The van der Waals surface area contributed by atoms with Gasteiger partial charge in [0, 0.05) is 13.1 Å². The van der Waals surface area contributed by atoms with Crippen LogP contribution >= 0.6 is 0 Å². The molecule has 1 aromatic heterocycles. The number of benzene rings is 1. The predicted octanol–water partition coefficient (Wildman–Crippen LogP) is 2.92. The number of nitrogens with one attached hydrogen (secondary N) is 1. The fraction of sp³-hybridized carbons (Fsp3) is 0.450. The van der Waals surface area contributed by atoms with Gasteiger partial charge in [0.2, 0.25) is 15.9 Å². The van der Waals surface area contributed by atoms with E-state index in [2.05, 4.69) is 5.32 Å². The van der Waals surface area contributed by atoms with Gasteiger partial charge in [-0.2, -0.15) is 4.31 Å². The monoisotopic (exact) mass is 390 g/mol. The van der Waals surface area contributed by atoms with Crippen molar-refractivity contribution in [3.05, 3.63) is 53.0 Å². The lowest BCUT2D eigenvalue weighted by Gasteiger charge is -2.32. The van der Waals surface area contributed by atoms with Gasteiger partial charge in [-0.3, -0.25) is 4.79 Å². The number of amides is 1. The molecule has 0 saturated carbocycles. The fourth-order valence-electron chi connectivity index (χ4n) is 3.81. The molecule has 2 heterocycles. The molecule has 1 aromatic carbocycles. The highest BCUT2D eigenvalue weighted by molar-refractivity contribution is 7.89. The third kappa shape index (κ3) is 4.25. The lowest BCUT2D eigenvalue weighted by Crippen LogP contribution is -2.45. The largest absolute Gasteiger partial charge is 0.467 e. The highest BCUT2D eigenvalue weighted by atomic mass is 32.2. The van der Waals surface area contributed by atoms with Crippen LogP contribution in [0.15, 0.2) is 39.8 Å². The zero-order valence-electron chi connectivity index (χ0n) is 16.0. The lowest BCUT2D eigenvalue weighted by atomic mass is 9.99. The second kappa shape index (κ2) is 7.86. The van der Waals surface area contributed by atoms with Gasteiger partial charge < -0.3 is 9.73 Å². The van der Waals surface area contributed by atoms with E-state index in [0.717, 1.165) is 16.7 Å². The number of hydrogen-bond donors (Lipinski definition) is 1. The SMILES string of the molecule is Cc1cc(C)c(S(=O)(=O)N2CCC[C@H](C(=O)NCc3ccco3)C2)c(C)c1. The standard InChI is InChI=1S/C20H26N2O4S/c1-14-10-15(2)19(16(3)11-14)27(24,25)22-8-4-6-17(13-22)20(23)21-12-18-7-5-9-26-18/h5,7,9-11,17H,4,6,8,12-13H2,1-3H3,(H,21,23)/t17-/m0/s1. The van der Waals surface area contributed by atoms with E-state index in [9.17, 15) is 13.2 Å². The number of rotatable bonds is 5. The molecule has 1 atom stereocenters. The van der Waals surface area contributed by atoms with E-state index in [0.29, 0.717) is 36.6 Å². The molecule has 3 rings (SSSR count). The minimum Gasteiger partial charge on any atom is -0.467 e. The van der Waals surface area contributed by atoms with Crippen molar-refractivity contribution >= 4 is 15.9 Å². The van der Waals surface area contributed by atoms with Gasteiger partial charge in [0.05, 0.1) is 23.6 Å². The summed E-state index contributed by atoms with van der Waals surface area (Å²) in [6, 6.07) is 7.33. The van der Waals surface area contributed by atoms with Gasteiger partial charge in [0.25, 0.3) is 0 Å². The molecule has 27 heavy (non-hydrogen) atoms. The van der Waals surface area contributed by atoms with Crippen molar-refractivity contribution in [1.82, 2.24) is 9.62 Å². The average Bonchev–Trinajstić information content (AvgIpc) is 3.12. The van der Waals surface area contributed by atoms with Crippen LogP contribution in [0, 0.1) is 26.7 Å². The average molecular weight is 391 g/mol. The molecule has 1 fully saturated rings. The molecule has 1 saturated heterocycles. The Morgan fingerprint density at radius 3 is 2.59 bits per heavy atom. The summed E-state index contributed by atoms with van der Waals surface area (Å²) in [6.07, 6.45) is 2.91. The van der Waals surface area contributed by atoms with Crippen molar-refractivity contribution < 1.29 is 17.6 Å². The second-order valence-corrected chi connectivity index (χ2v) is 9.10. The summed E-state index contributed by atoms with van der Waals surface area (Å²) in [7, 11) is -3.63. The molecule has 1 aliphatic heterocycles. The Balaban J connectivity index is 1.74. The summed E-state index contributed by atoms with van der Waals surface area (Å²) in [5.41, 5.74) is 2.53. The first kappa shape index (κ1) is 19.6. The highest BCUT2D eigenvalue weighted by Crippen LogP contribution is 2.29. The van der Waals surface area contributed by atoms with Crippen LogP contribution in [0.5, 0.6) is 0 Å². The molecule has 0 aliphatic carbocycles. The van der Waals surface area contributed by atoms with E-state index in [1.54, 1.807) is 18.4 Å². The Morgan fingerprint density at radius 2 is 1.96 bits per heavy atom. The molecule has 0 unspecified atom stereocenters. The molecular formula is C20H26N2O4S. The Hall–Kier alpha value is -2.12. The zero-order valence-corrected chi connectivity index (χ0v) is 16.8. The van der Waals surface area contributed by atoms with Crippen molar-refractivity contribution in [3.8, 4) is 0 Å². The van der Waals surface area contributed by atoms with Crippen LogP contribution in [0.3, 0.4) is 0 Å². The maximum Gasteiger partial charge on any atom is 0.243 e. The predicted molar refractivity (Wildman–Crippen MR) is 103 cm³/mol. The fourth-order valence-corrected chi connectivity index (χ4v) is 5.74. The van der Waals surface area contributed by atoms with Crippen LogP contribution in [-0.2, 0) is 21.4 Å². The molecule has 146 valence electrons. The van der Waals surface area contributed by atoms with Gasteiger partial charge in [0.1, 0.15) is 5.76 Å². The van der Waals surface area contributed by atoms with Gasteiger partial charge in [-0.05, 0) is 56.9 Å². The second-order valence-electron chi connectivity index (χ2n) is 7.23. The third-order valence-corrected chi connectivity index (χ3v) is 7.15. The van der Waals surface area contributed by atoms with Crippen LogP contribution in [0.25, 0.3) is 0 Å². The van der Waals surface area contributed by atoms with Crippen molar-refractivity contribution in [2.75, 3.05) is 13.1 Å². The Morgan fingerprint density at radius 1 is 1.26 bits per heavy atom. The Kier molecular flexibility index (Phi) is 5.72. The Labute approximate surface area is 160 Å². The van der Waals surface area contributed by atoms with E-state index in [-0.39, 0.29) is 18.4 Å². The molecule has 0 spiro atoms. The Bertz CT molecular complexity index is 896. The smallest absolute Gasteiger partial charge is 0.243 e. The van der Waals surface area contributed by atoms with Crippen molar-refractivity contribution in [1.29, 1.82) is 0 Å². The van der Waals surface area contributed by atoms with Gasteiger partial charge in [-0.15, -0.1) is 0 Å². The molecule has 1 N–H and O–H groups in total. The number of carbonyl (C=O) groups is 1. The van der Waals surface area contributed by atoms with E-state index < -0.39 is 10.0 Å². The van der Waals surface area contributed by atoms with Crippen LogP contribution in [0.4, 0.5) is 0 Å². The molecule has 0 bridgehead atoms. The van der Waals surface area contributed by atoms with E-state index >= 15 is 0 Å². The summed E-state index contributed by atoms with van der Waals surface area (Å²) in [4.78, 5) is 12.9.